The zero-order valence-corrected chi connectivity index (χ0v) is 9.11. The van der Waals surface area contributed by atoms with Gasteiger partial charge in [0.05, 0.1) is 0 Å². The summed E-state index contributed by atoms with van der Waals surface area (Å²) < 4.78 is 4.94. The molecule has 1 saturated heterocycles. The van der Waals surface area contributed by atoms with Crippen LogP contribution in [0, 0.1) is 0 Å². The minimum atomic E-state index is -1.55. The number of ether oxygens (including phenoxy) is 1. The van der Waals surface area contributed by atoms with Crippen LogP contribution in [0.15, 0.2) is 22.9 Å². The minimum absolute atomic E-state index is 0.140. The molecule has 0 saturated carbocycles. The largest absolute Gasteiger partial charge is 0.457 e. The molecule has 2 N–H and O–H groups in total. The van der Waals surface area contributed by atoms with Crippen LogP contribution in [0.25, 0.3) is 5.57 Å². The van der Waals surface area contributed by atoms with Gasteiger partial charge in [0.1, 0.15) is 12.2 Å². The van der Waals surface area contributed by atoms with Crippen molar-refractivity contribution in [3.63, 3.8) is 0 Å². The Morgan fingerprint density at radius 1 is 1.56 bits per heavy atom. The zero-order valence-electron chi connectivity index (χ0n) is 8.29. The molecular formula is C11H10O4S. The summed E-state index contributed by atoms with van der Waals surface area (Å²) in [6.07, 6.45) is 0.0883. The van der Waals surface area contributed by atoms with Gasteiger partial charge in [0.15, 0.2) is 5.60 Å². The van der Waals surface area contributed by atoms with E-state index in [0.717, 1.165) is 5.56 Å². The third-order valence-corrected chi connectivity index (χ3v) is 3.73. The molecule has 2 aliphatic rings. The molecule has 0 unspecified atom stereocenters. The van der Waals surface area contributed by atoms with E-state index in [2.05, 4.69) is 0 Å². The molecule has 1 aromatic heterocycles. The standard InChI is InChI=1S/C11H10O4S/c12-9-7(6-1-2-16-5-6)3-11(14)4-8(9)15-10(11)13/h1-3,5,8-9,12,14H,4H2/t8-,9-,11+/m1/s1. The smallest absolute Gasteiger partial charge is 0.342 e. The van der Waals surface area contributed by atoms with Gasteiger partial charge in [-0.05, 0) is 34.0 Å². The van der Waals surface area contributed by atoms with Crippen molar-refractivity contribution in [1.29, 1.82) is 0 Å². The summed E-state index contributed by atoms with van der Waals surface area (Å²) >= 11 is 1.50. The fourth-order valence-corrected chi connectivity index (χ4v) is 2.86. The lowest BCUT2D eigenvalue weighted by molar-refractivity contribution is -0.152. The van der Waals surface area contributed by atoms with Crippen LogP contribution in [0.4, 0.5) is 0 Å². The van der Waals surface area contributed by atoms with Crippen LogP contribution in [-0.2, 0) is 9.53 Å². The molecule has 84 valence electrons. The minimum Gasteiger partial charge on any atom is -0.457 e. The lowest BCUT2D eigenvalue weighted by Gasteiger charge is -2.25. The summed E-state index contributed by atoms with van der Waals surface area (Å²) in [5, 5.41) is 23.8. The van der Waals surface area contributed by atoms with Gasteiger partial charge in [-0.15, -0.1) is 0 Å². The predicted octanol–water partition coefficient (Wildman–Crippen LogP) is 0.553. The monoisotopic (exact) mass is 238 g/mol. The van der Waals surface area contributed by atoms with Gasteiger partial charge < -0.3 is 14.9 Å². The first kappa shape index (κ1) is 10.0. The molecular weight excluding hydrogens is 228 g/mol. The van der Waals surface area contributed by atoms with Gasteiger partial charge in [-0.2, -0.15) is 11.3 Å². The maximum Gasteiger partial charge on any atom is 0.342 e. The molecule has 0 aromatic carbocycles. The molecule has 3 atom stereocenters. The lowest BCUT2D eigenvalue weighted by atomic mass is 9.83. The van der Waals surface area contributed by atoms with Crippen LogP contribution in [-0.4, -0.2) is 34.0 Å². The topological polar surface area (TPSA) is 66.8 Å². The summed E-state index contributed by atoms with van der Waals surface area (Å²) in [5.74, 6) is -0.665. The van der Waals surface area contributed by atoms with E-state index in [-0.39, 0.29) is 6.42 Å². The Hall–Kier alpha value is -1.17. The first-order valence-electron chi connectivity index (χ1n) is 4.97. The summed E-state index contributed by atoms with van der Waals surface area (Å²) in [6.45, 7) is 0. The number of aliphatic hydroxyl groups excluding tert-OH is 1. The number of hydrogen-bond acceptors (Lipinski definition) is 5. The number of thiophene rings is 1. The number of rotatable bonds is 1. The third kappa shape index (κ3) is 1.25. The normalized spacial score (nSPS) is 37.1. The van der Waals surface area contributed by atoms with Crippen LogP contribution >= 0.6 is 11.3 Å². The van der Waals surface area contributed by atoms with E-state index in [1.165, 1.54) is 17.4 Å². The molecule has 0 amide bonds. The summed E-state index contributed by atoms with van der Waals surface area (Å²) in [7, 11) is 0. The van der Waals surface area contributed by atoms with Crippen LogP contribution in [0.1, 0.15) is 12.0 Å². The van der Waals surface area contributed by atoms with Gasteiger partial charge >= 0.3 is 5.97 Å². The fourth-order valence-electron chi connectivity index (χ4n) is 2.19. The van der Waals surface area contributed by atoms with Crippen molar-refractivity contribution in [2.24, 2.45) is 0 Å². The number of carbonyl (C=O) groups excluding carboxylic acids is 1. The van der Waals surface area contributed by atoms with E-state index < -0.39 is 23.8 Å². The fraction of sp³-hybridized carbons (Fsp3) is 0.364. The van der Waals surface area contributed by atoms with Gasteiger partial charge in [-0.1, -0.05) is 0 Å². The molecule has 0 spiro atoms. The van der Waals surface area contributed by atoms with Crippen LogP contribution in [0.3, 0.4) is 0 Å². The highest BCUT2D eigenvalue weighted by Crippen LogP contribution is 2.40. The molecule has 2 bridgehead atoms. The van der Waals surface area contributed by atoms with Gasteiger partial charge in [0, 0.05) is 6.42 Å². The van der Waals surface area contributed by atoms with Crippen molar-refractivity contribution >= 4 is 22.9 Å². The molecule has 2 heterocycles. The Balaban J connectivity index is 2.09. The maximum absolute atomic E-state index is 11.4. The van der Waals surface area contributed by atoms with Gasteiger partial charge in [0.25, 0.3) is 0 Å². The van der Waals surface area contributed by atoms with Crippen molar-refractivity contribution in [2.75, 3.05) is 0 Å². The second kappa shape index (κ2) is 3.16. The van der Waals surface area contributed by atoms with Crippen molar-refractivity contribution in [1.82, 2.24) is 0 Å². The molecule has 1 aromatic rings. The van der Waals surface area contributed by atoms with E-state index >= 15 is 0 Å². The predicted molar refractivity (Wildman–Crippen MR) is 57.7 cm³/mol. The van der Waals surface area contributed by atoms with E-state index in [1.807, 2.05) is 16.8 Å². The molecule has 1 aliphatic heterocycles. The zero-order chi connectivity index (χ0) is 11.3. The Labute approximate surface area is 95.8 Å². The van der Waals surface area contributed by atoms with Crippen molar-refractivity contribution in [2.45, 2.75) is 24.2 Å². The molecule has 3 rings (SSSR count). The number of fused-ring (bicyclic) bond motifs is 2. The van der Waals surface area contributed by atoms with E-state index in [9.17, 15) is 15.0 Å². The molecule has 1 fully saturated rings. The Morgan fingerprint density at radius 3 is 3.06 bits per heavy atom. The number of carbonyl (C=O) groups is 1. The first-order chi connectivity index (χ1) is 7.60. The van der Waals surface area contributed by atoms with Crippen molar-refractivity contribution in [3.8, 4) is 0 Å². The SMILES string of the molecule is O=C1O[C@@H]2C[C@@]1(O)C=C(c1ccsc1)[C@H]2O. The van der Waals surface area contributed by atoms with Gasteiger partial charge in [-0.25, -0.2) is 4.79 Å². The first-order valence-corrected chi connectivity index (χ1v) is 5.91. The number of aliphatic hydroxyl groups is 2. The Morgan fingerprint density at radius 2 is 2.38 bits per heavy atom. The number of hydrogen-bond donors (Lipinski definition) is 2. The highest BCUT2D eigenvalue weighted by molar-refractivity contribution is 7.08. The highest BCUT2D eigenvalue weighted by Gasteiger charge is 2.53. The van der Waals surface area contributed by atoms with Gasteiger partial charge in [-0.3, -0.25) is 0 Å². The van der Waals surface area contributed by atoms with Crippen LogP contribution in [0.2, 0.25) is 0 Å². The highest BCUT2D eigenvalue weighted by atomic mass is 32.1. The van der Waals surface area contributed by atoms with E-state index in [0.29, 0.717) is 5.57 Å². The summed E-state index contributed by atoms with van der Waals surface area (Å²) in [5.41, 5.74) is -0.147. The van der Waals surface area contributed by atoms with Crippen molar-refractivity contribution in [3.05, 3.63) is 28.5 Å². The maximum atomic E-state index is 11.4. The van der Waals surface area contributed by atoms with E-state index in [4.69, 9.17) is 4.74 Å². The second-order valence-corrected chi connectivity index (χ2v) is 4.91. The van der Waals surface area contributed by atoms with E-state index in [1.54, 1.807) is 0 Å². The summed E-state index contributed by atoms with van der Waals surface area (Å²) in [4.78, 5) is 11.4. The van der Waals surface area contributed by atoms with Crippen molar-refractivity contribution < 1.29 is 19.7 Å². The van der Waals surface area contributed by atoms with Crippen LogP contribution in [0.5, 0.6) is 0 Å². The third-order valence-electron chi connectivity index (χ3n) is 3.04. The Kier molecular flexibility index (Phi) is 1.98. The second-order valence-electron chi connectivity index (χ2n) is 4.13. The van der Waals surface area contributed by atoms with Gasteiger partial charge in [0.2, 0.25) is 0 Å². The molecule has 16 heavy (non-hydrogen) atoms. The quantitative estimate of drug-likeness (QED) is 0.701. The molecule has 4 nitrogen and oxygen atoms in total. The Bertz CT molecular complexity index is 464. The molecule has 5 heteroatoms. The molecule has 1 aliphatic carbocycles. The number of esters is 1. The lowest BCUT2D eigenvalue weighted by Crippen LogP contribution is -2.37. The molecule has 0 radical (unpaired) electrons. The average Bonchev–Trinajstić information content (AvgIpc) is 2.82. The average molecular weight is 238 g/mol. The van der Waals surface area contributed by atoms with Crippen LogP contribution < -0.4 is 0 Å². The summed E-state index contributed by atoms with van der Waals surface area (Å²) in [6, 6.07) is 1.85.